The number of hydrogen-bond acceptors (Lipinski definition) is 3. The first-order valence-corrected chi connectivity index (χ1v) is 5.64. The maximum absolute atomic E-state index is 5.32. The lowest BCUT2D eigenvalue weighted by Gasteiger charge is -2.10. The van der Waals surface area contributed by atoms with Gasteiger partial charge in [-0.15, -0.1) is 0 Å². The number of pyridine rings is 1. The minimum Gasteiger partial charge on any atom is -0.497 e. The van der Waals surface area contributed by atoms with Gasteiger partial charge in [0.05, 0.1) is 14.2 Å². The second-order valence-electron chi connectivity index (χ2n) is 3.49. The van der Waals surface area contributed by atoms with E-state index >= 15 is 0 Å². The van der Waals surface area contributed by atoms with Crippen molar-refractivity contribution in [3.8, 4) is 11.5 Å². The molecule has 0 aliphatic rings. The van der Waals surface area contributed by atoms with Crippen LogP contribution in [0.4, 0.5) is 0 Å². The number of methoxy groups -OCH3 is 2. The molecule has 84 valence electrons. The van der Waals surface area contributed by atoms with Crippen molar-refractivity contribution in [3.05, 3.63) is 28.4 Å². The summed E-state index contributed by atoms with van der Waals surface area (Å²) in [5, 5.41) is 1.04. The molecule has 3 nitrogen and oxygen atoms in total. The first kappa shape index (κ1) is 11.2. The molecule has 0 amide bonds. The molecule has 0 saturated heterocycles. The molecule has 1 aromatic carbocycles. The molecule has 1 heterocycles. The molecule has 0 radical (unpaired) electrons. The topological polar surface area (TPSA) is 31.4 Å². The molecule has 0 bridgehead atoms. The van der Waals surface area contributed by atoms with Gasteiger partial charge in [0.15, 0.2) is 0 Å². The van der Waals surface area contributed by atoms with Gasteiger partial charge in [0.2, 0.25) is 0 Å². The maximum atomic E-state index is 5.32. The van der Waals surface area contributed by atoms with Crippen molar-refractivity contribution in [3.63, 3.8) is 0 Å². The predicted octanol–water partition coefficient (Wildman–Crippen LogP) is 3.32. The molecule has 2 rings (SSSR count). The zero-order valence-electron chi connectivity index (χ0n) is 9.37. The summed E-state index contributed by atoms with van der Waals surface area (Å²) in [5.74, 6) is 1.50. The highest BCUT2D eigenvalue weighted by Gasteiger charge is 2.09. The number of benzene rings is 1. The van der Waals surface area contributed by atoms with E-state index in [1.54, 1.807) is 14.2 Å². The van der Waals surface area contributed by atoms with Gasteiger partial charge in [-0.1, -0.05) is 0 Å². The molecule has 0 saturated carbocycles. The number of hydrogen-bond donors (Lipinski definition) is 0. The van der Waals surface area contributed by atoms with Gasteiger partial charge in [0, 0.05) is 11.5 Å². The van der Waals surface area contributed by atoms with Crippen molar-refractivity contribution in [2.45, 2.75) is 6.92 Å². The summed E-state index contributed by atoms with van der Waals surface area (Å²) in [6.45, 7) is 2.04. The second kappa shape index (κ2) is 4.29. The van der Waals surface area contributed by atoms with E-state index in [9.17, 15) is 0 Å². The molecule has 4 heteroatoms. The van der Waals surface area contributed by atoms with Crippen LogP contribution in [0.3, 0.4) is 0 Å². The summed E-state index contributed by atoms with van der Waals surface area (Å²) in [6, 6.07) is 5.77. The Balaban J connectivity index is 2.83. The Kier molecular flexibility index (Phi) is 3.01. The van der Waals surface area contributed by atoms with Crippen LogP contribution in [-0.4, -0.2) is 19.2 Å². The first-order valence-electron chi connectivity index (χ1n) is 4.84. The van der Waals surface area contributed by atoms with Gasteiger partial charge in [-0.2, -0.15) is 0 Å². The second-order valence-corrected chi connectivity index (χ2v) is 4.30. The Morgan fingerprint density at radius 3 is 2.50 bits per heavy atom. The number of halogens is 1. The standard InChI is InChI=1S/C12H12BrNO2/c1-7-4-11(13)14-12-9(7)5-8(15-2)6-10(12)16-3/h4-6H,1-3H3. The van der Waals surface area contributed by atoms with Crippen molar-refractivity contribution in [1.29, 1.82) is 0 Å². The largest absolute Gasteiger partial charge is 0.497 e. The third-order valence-electron chi connectivity index (χ3n) is 2.48. The Morgan fingerprint density at radius 1 is 1.12 bits per heavy atom. The molecule has 0 aliphatic heterocycles. The predicted molar refractivity (Wildman–Crippen MR) is 67.3 cm³/mol. The number of fused-ring (bicyclic) bond motifs is 1. The summed E-state index contributed by atoms with van der Waals surface area (Å²) >= 11 is 3.38. The van der Waals surface area contributed by atoms with Gasteiger partial charge in [0.1, 0.15) is 21.6 Å². The summed E-state index contributed by atoms with van der Waals surface area (Å²) in [5.41, 5.74) is 1.98. The molecule has 0 fully saturated rings. The molecule has 0 spiro atoms. The van der Waals surface area contributed by atoms with Crippen molar-refractivity contribution < 1.29 is 9.47 Å². The third-order valence-corrected chi connectivity index (χ3v) is 2.89. The minimum atomic E-state index is 0.721. The summed E-state index contributed by atoms with van der Waals surface area (Å²) < 4.78 is 11.4. The minimum absolute atomic E-state index is 0.721. The number of rotatable bonds is 2. The van der Waals surface area contributed by atoms with E-state index in [0.717, 1.165) is 32.6 Å². The van der Waals surface area contributed by atoms with Crippen LogP contribution >= 0.6 is 15.9 Å². The molecule has 2 aromatic rings. The number of nitrogens with zero attached hydrogens (tertiary/aromatic N) is 1. The number of ether oxygens (including phenoxy) is 2. The van der Waals surface area contributed by atoms with Crippen molar-refractivity contribution in [2.24, 2.45) is 0 Å². The number of aryl methyl sites for hydroxylation is 1. The van der Waals surface area contributed by atoms with Crippen LogP contribution in [-0.2, 0) is 0 Å². The molecule has 0 N–H and O–H groups in total. The van der Waals surface area contributed by atoms with Gasteiger partial charge in [-0.05, 0) is 40.5 Å². The highest BCUT2D eigenvalue weighted by molar-refractivity contribution is 9.10. The Morgan fingerprint density at radius 2 is 1.88 bits per heavy atom. The van der Waals surface area contributed by atoms with Crippen LogP contribution in [0.1, 0.15) is 5.56 Å². The Bertz CT molecular complexity index is 540. The lowest BCUT2D eigenvalue weighted by atomic mass is 10.1. The van der Waals surface area contributed by atoms with Crippen LogP contribution in [0.25, 0.3) is 10.9 Å². The maximum Gasteiger partial charge on any atom is 0.148 e. The fourth-order valence-corrected chi connectivity index (χ4v) is 2.19. The highest BCUT2D eigenvalue weighted by atomic mass is 79.9. The smallest absolute Gasteiger partial charge is 0.148 e. The molecule has 16 heavy (non-hydrogen) atoms. The van der Waals surface area contributed by atoms with Crippen LogP contribution in [0, 0.1) is 6.92 Å². The van der Waals surface area contributed by atoms with E-state index in [-0.39, 0.29) is 0 Å². The molecular formula is C12H12BrNO2. The highest BCUT2D eigenvalue weighted by Crippen LogP contribution is 2.32. The fraction of sp³-hybridized carbons (Fsp3) is 0.250. The molecule has 1 aromatic heterocycles. The van der Waals surface area contributed by atoms with Gasteiger partial charge in [0.25, 0.3) is 0 Å². The normalized spacial score (nSPS) is 10.5. The molecular weight excluding hydrogens is 270 g/mol. The van der Waals surface area contributed by atoms with Gasteiger partial charge in [-0.25, -0.2) is 4.98 Å². The fourth-order valence-electron chi connectivity index (χ4n) is 1.67. The zero-order chi connectivity index (χ0) is 11.7. The first-order chi connectivity index (χ1) is 7.65. The number of aromatic nitrogens is 1. The monoisotopic (exact) mass is 281 g/mol. The van der Waals surface area contributed by atoms with Crippen LogP contribution in [0.15, 0.2) is 22.8 Å². The average molecular weight is 282 g/mol. The van der Waals surface area contributed by atoms with E-state index in [2.05, 4.69) is 20.9 Å². The zero-order valence-corrected chi connectivity index (χ0v) is 11.0. The van der Waals surface area contributed by atoms with Crippen LogP contribution < -0.4 is 9.47 Å². The summed E-state index contributed by atoms with van der Waals surface area (Å²) in [4.78, 5) is 4.42. The third kappa shape index (κ3) is 1.85. The summed E-state index contributed by atoms with van der Waals surface area (Å²) in [7, 11) is 3.27. The van der Waals surface area contributed by atoms with E-state index < -0.39 is 0 Å². The molecule has 0 unspecified atom stereocenters. The van der Waals surface area contributed by atoms with Gasteiger partial charge < -0.3 is 9.47 Å². The van der Waals surface area contributed by atoms with Crippen molar-refractivity contribution in [1.82, 2.24) is 4.98 Å². The SMILES string of the molecule is COc1cc(OC)c2nc(Br)cc(C)c2c1. The van der Waals surface area contributed by atoms with E-state index in [1.165, 1.54) is 0 Å². The Labute approximate surface area is 103 Å². The summed E-state index contributed by atoms with van der Waals surface area (Å²) in [6.07, 6.45) is 0. The van der Waals surface area contributed by atoms with Crippen molar-refractivity contribution >= 4 is 26.8 Å². The van der Waals surface area contributed by atoms with Gasteiger partial charge in [-0.3, -0.25) is 0 Å². The lowest BCUT2D eigenvalue weighted by Crippen LogP contribution is -1.92. The van der Waals surface area contributed by atoms with Gasteiger partial charge >= 0.3 is 0 Å². The van der Waals surface area contributed by atoms with E-state index in [4.69, 9.17) is 9.47 Å². The Hall–Kier alpha value is -1.29. The van der Waals surface area contributed by atoms with Crippen LogP contribution in [0.2, 0.25) is 0 Å². The van der Waals surface area contributed by atoms with Crippen LogP contribution in [0.5, 0.6) is 11.5 Å². The van der Waals surface area contributed by atoms with Crippen molar-refractivity contribution in [2.75, 3.05) is 14.2 Å². The molecule has 0 aliphatic carbocycles. The lowest BCUT2D eigenvalue weighted by molar-refractivity contribution is 0.397. The van der Waals surface area contributed by atoms with E-state index in [0.29, 0.717) is 0 Å². The molecule has 0 atom stereocenters. The average Bonchev–Trinajstić information content (AvgIpc) is 2.28. The van der Waals surface area contributed by atoms with E-state index in [1.807, 2.05) is 25.1 Å². The quantitative estimate of drug-likeness (QED) is 0.792.